The maximum absolute atomic E-state index is 11.6. The second-order valence-corrected chi connectivity index (χ2v) is 5.80. The van der Waals surface area contributed by atoms with E-state index in [4.69, 9.17) is 10.8 Å². The number of aliphatic hydroxyl groups is 1. The molecule has 2 aromatic carbocycles. The molecule has 0 aromatic heterocycles. The zero-order valence-electron chi connectivity index (χ0n) is 13.9. The first-order chi connectivity index (χ1) is 12.1. The molecule has 0 fully saturated rings. The van der Waals surface area contributed by atoms with E-state index in [0.717, 1.165) is 23.0 Å². The average molecular weight is 341 g/mol. The quantitative estimate of drug-likeness (QED) is 0.477. The molecule has 0 aliphatic carbocycles. The molecule has 1 unspecified atom stereocenters. The van der Waals surface area contributed by atoms with Gasteiger partial charge in [0.15, 0.2) is 0 Å². The Morgan fingerprint density at radius 2 is 1.56 bits per heavy atom. The minimum atomic E-state index is -0.494. The maximum Gasteiger partial charge on any atom is 0.235 e. The molecule has 132 valence electrons. The van der Waals surface area contributed by atoms with Gasteiger partial charge < -0.3 is 21.5 Å². The summed E-state index contributed by atoms with van der Waals surface area (Å²) in [5, 5.41) is 15.4. The second kappa shape index (κ2) is 9.68. The van der Waals surface area contributed by atoms with Crippen molar-refractivity contribution in [2.45, 2.75) is 25.7 Å². The SMILES string of the molecule is NC(=O)C(CNCc1ccc(C=O)cc1)NCc1ccc(CO)cc1. The van der Waals surface area contributed by atoms with Gasteiger partial charge in [0.1, 0.15) is 6.29 Å². The number of carbonyl (C=O) groups excluding carboxylic acids is 2. The number of primary amides is 1. The predicted octanol–water partition coefficient (Wildman–Crippen LogP) is 0.725. The first-order valence-corrected chi connectivity index (χ1v) is 8.08. The highest BCUT2D eigenvalue weighted by atomic mass is 16.3. The summed E-state index contributed by atoms with van der Waals surface area (Å²) >= 11 is 0. The summed E-state index contributed by atoms with van der Waals surface area (Å²) in [5.41, 5.74) is 8.96. The van der Waals surface area contributed by atoms with Crippen molar-refractivity contribution in [2.75, 3.05) is 6.54 Å². The summed E-state index contributed by atoms with van der Waals surface area (Å²) in [6, 6.07) is 14.2. The third-order valence-corrected chi connectivity index (χ3v) is 3.89. The van der Waals surface area contributed by atoms with Crippen LogP contribution in [0.5, 0.6) is 0 Å². The van der Waals surface area contributed by atoms with Crippen LogP contribution in [0.15, 0.2) is 48.5 Å². The minimum absolute atomic E-state index is 0.00929. The smallest absolute Gasteiger partial charge is 0.235 e. The van der Waals surface area contributed by atoms with Crippen LogP contribution in [-0.2, 0) is 24.5 Å². The van der Waals surface area contributed by atoms with E-state index in [2.05, 4.69) is 10.6 Å². The number of aliphatic hydroxyl groups excluding tert-OH is 1. The highest BCUT2D eigenvalue weighted by Crippen LogP contribution is 2.05. The molecule has 0 aliphatic heterocycles. The Morgan fingerprint density at radius 3 is 2.12 bits per heavy atom. The topological polar surface area (TPSA) is 104 Å². The van der Waals surface area contributed by atoms with Crippen molar-refractivity contribution in [3.8, 4) is 0 Å². The molecule has 2 rings (SSSR count). The first kappa shape index (κ1) is 18.8. The van der Waals surface area contributed by atoms with Crippen LogP contribution in [0, 0.1) is 0 Å². The number of benzene rings is 2. The van der Waals surface area contributed by atoms with Gasteiger partial charge in [0.2, 0.25) is 5.91 Å². The van der Waals surface area contributed by atoms with Crippen LogP contribution in [0.4, 0.5) is 0 Å². The van der Waals surface area contributed by atoms with E-state index in [1.807, 2.05) is 36.4 Å². The van der Waals surface area contributed by atoms with E-state index in [1.54, 1.807) is 12.1 Å². The molecule has 0 heterocycles. The van der Waals surface area contributed by atoms with Crippen LogP contribution in [0.3, 0.4) is 0 Å². The fraction of sp³-hybridized carbons (Fsp3) is 0.263. The van der Waals surface area contributed by atoms with E-state index in [9.17, 15) is 9.59 Å². The molecule has 0 spiro atoms. The molecule has 0 aliphatic rings. The molecule has 0 saturated carbocycles. The van der Waals surface area contributed by atoms with E-state index in [0.29, 0.717) is 25.2 Å². The summed E-state index contributed by atoms with van der Waals surface area (Å²) in [5.74, 6) is -0.421. The van der Waals surface area contributed by atoms with Crippen LogP contribution in [0.2, 0.25) is 0 Å². The van der Waals surface area contributed by atoms with Gasteiger partial charge in [-0.2, -0.15) is 0 Å². The van der Waals surface area contributed by atoms with Crippen molar-refractivity contribution in [3.05, 3.63) is 70.8 Å². The Bertz CT molecular complexity index is 684. The van der Waals surface area contributed by atoms with Crippen molar-refractivity contribution < 1.29 is 14.7 Å². The van der Waals surface area contributed by atoms with Crippen molar-refractivity contribution in [2.24, 2.45) is 5.73 Å². The molecular formula is C19H23N3O3. The van der Waals surface area contributed by atoms with Gasteiger partial charge >= 0.3 is 0 Å². The monoisotopic (exact) mass is 341 g/mol. The zero-order valence-corrected chi connectivity index (χ0v) is 13.9. The lowest BCUT2D eigenvalue weighted by molar-refractivity contribution is -0.120. The second-order valence-electron chi connectivity index (χ2n) is 5.80. The average Bonchev–Trinajstić information content (AvgIpc) is 2.65. The highest BCUT2D eigenvalue weighted by Gasteiger charge is 2.14. The van der Waals surface area contributed by atoms with Gasteiger partial charge in [-0.3, -0.25) is 9.59 Å². The zero-order chi connectivity index (χ0) is 18.1. The molecule has 1 amide bonds. The summed E-state index contributed by atoms with van der Waals surface area (Å²) in [6.07, 6.45) is 0.803. The fourth-order valence-electron chi connectivity index (χ4n) is 2.35. The number of hydrogen-bond acceptors (Lipinski definition) is 5. The summed E-state index contributed by atoms with van der Waals surface area (Å²) in [4.78, 5) is 22.2. The van der Waals surface area contributed by atoms with Gasteiger partial charge in [0, 0.05) is 25.2 Å². The lowest BCUT2D eigenvalue weighted by atomic mass is 10.1. The summed E-state index contributed by atoms with van der Waals surface area (Å²) in [6.45, 7) is 1.50. The van der Waals surface area contributed by atoms with Gasteiger partial charge in [-0.15, -0.1) is 0 Å². The maximum atomic E-state index is 11.6. The molecule has 25 heavy (non-hydrogen) atoms. The molecule has 0 radical (unpaired) electrons. The number of hydrogen-bond donors (Lipinski definition) is 4. The molecule has 2 aromatic rings. The van der Waals surface area contributed by atoms with Gasteiger partial charge in [0.25, 0.3) is 0 Å². The third kappa shape index (κ3) is 6.11. The minimum Gasteiger partial charge on any atom is -0.392 e. The Kier molecular flexibility index (Phi) is 7.28. The lowest BCUT2D eigenvalue weighted by Crippen LogP contribution is -2.47. The highest BCUT2D eigenvalue weighted by molar-refractivity contribution is 5.80. The molecule has 6 nitrogen and oxygen atoms in total. The Balaban J connectivity index is 1.81. The number of amides is 1. The van der Waals surface area contributed by atoms with E-state index >= 15 is 0 Å². The standard InChI is InChI=1S/C19H23N3O3/c20-19(25)18(22-10-15-3-7-17(13-24)8-4-15)11-21-9-14-1-5-16(12-23)6-2-14/h1-8,12,18,21-22,24H,9-11,13H2,(H2,20,25). The molecular weight excluding hydrogens is 318 g/mol. The van der Waals surface area contributed by atoms with Crippen molar-refractivity contribution >= 4 is 12.2 Å². The molecule has 1 atom stereocenters. The summed E-state index contributed by atoms with van der Waals surface area (Å²) < 4.78 is 0. The number of rotatable bonds is 10. The predicted molar refractivity (Wildman–Crippen MR) is 95.7 cm³/mol. The largest absolute Gasteiger partial charge is 0.392 e. The first-order valence-electron chi connectivity index (χ1n) is 8.08. The van der Waals surface area contributed by atoms with Crippen molar-refractivity contribution in [1.29, 1.82) is 0 Å². The van der Waals surface area contributed by atoms with Crippen molar-refractivity contribution in [3.63, 3.8) is 0 Å². The van der Waals surface area contributed by atoms with Gasteiger partial charge in [-0.25, -0.2) is 0 Å². The number of nitrogens with one attached hydrogen (secondary N) is 2. The van der Waals surface area contributed by atoms with Crippen LogP contribution < -0.4 is 16.4 Å². The Labute approximate surface area is 147 Å². The Morgan fingerprint density at radius 1 is 1.00 bits per heavy atom. The van der Waals surface area contributed by atoms with Crippen molar-refractivity contribution in [1.82, 2.24) is 10.6 Å². The number of nitrogens with two attached hydrogens (primary N) is 1. The molecule has 5 N–H and O–H groups in total. The van der Waals surface area contributed by atoms with Gasteiger partial charge in [0.05, 0.1) is 12.6 Å². The van der Waals surface area contributed by atoms with Crippen LogP contribution in [-0.4, -0.2) is 29.9 Å². The lowest BCUT2D eigenvalue weighted by Gasteiger charge is -2.16. The summed E-state index contributed by atoms with van der Waals surface area (Å²) in [7, 11) is 0. The Hall–Kier alpha value is -2.54. The normalized spacial score (nSPS) is 11.9. The van der Waals surface area contributed by atoms with Crippen LogP contribution in [0.25, 0.3) is 0 Å². The fourth-order valence-corrected chi connectivity index (χ4v) is 2.35. The molecule has 0 saturated heterocycles. The van der Waals surface area contributed by atoms with Gasteiger partial charge in [-0.1, -0.05) is 48.5 Å². The van der Waals surface area contributed by atoms with E-state index in [1.165, 1.54) is 0 Å². The number of aldehydes is 1. The van der Waals surface area contributed by atoms with E-state index in [-0.39, 0.29) is 6.61 Å². The van der Waals surface area contributed by atoms with Crippen LogP contribution >= 0.6 is 0 Å². The number of carbonyl (C=O) groups is 2. The van der Waals surface area contributed by atoms with E-state index < -0.39 is 11.9 Å². The molecule has 0 bridgehead atoms. The van der Waals surface area contributed by atoms with Crippen LogP contribution in [0.1, 0.15) is 27.0 Å². The van der Waals surface area contributed by atoms with Gasteiger partial charge in [-0.05, 0) is 16.7 Å². The third-order valence-electron chi connectivity index (χ3n) is 3.89. The molecule has 6 heteroatoms.